The highest BCUT2D eigenvalue weighted by atomic mass is 19.2. The van der Waals surface area contributed by atoms with Gasteiger partial charge in [-0.05, 0) is 12.8 Å². The Morgan fingerprint density at radius 3 is 0.941 bits per heavy atom. The normalized spacial score (nSPS) is 13.2. The van der Waals surface area contributed by atoms with Crippen LogP contribution in [0.4, 0.5) is 43.9 Å². The molecule has 2 N–H and O–H groups in total. The van der Waals surface area contributed by atoms with E-state index in [2.05, 4.69) is 9.47 Å². The highest BCUT2D eigenvalue weighted by Crippen LogP contribution is 2.30. The summed E-state index contributed by atoms with van der Waals surface area (Å²) in [4.78, 5) is 0. The summed E-state index contributed by atoms with van der Waals surface area (Å²) in [5, 5.41) is 19.5. The monoisotopic (exact) mass is 510 g/mol. The second-order valence-corrected chi connectivity index (χ2v) is 7.01. The highest BCUT2D eigenvalue weighted by Gasteiger charge is 2.28. The smallest absolute Gasteiger partial charge is 0.206 e. The third-order valence-electron chi connectivity index (χ3n) is 4.50. The van der Waals surface area contributed by atoms with E-state index in [0.717, 1.165) is 0 Å². The van der Waals surface area contributed by atoms with Crippen molar-refractivity contribution >= 4 is 0 Å². The van der Waals surface area contributed by atoms with Gasteiger partial charge in [-0.2, -0.15) is 17.6 Å². The second-order valence-electron chi connectivity index (χ2n) is 7.01. The van der Waals surface area contributed by atoms with Crippen LogP contribution in [0.15, 0.2) is 0 Å². The molecule has 2 aromatic rings. The molecular formula is C20H16F10O4. The van der Waals surface area contributed by atoms with E-state index in [1.807, 2.05) is 0 Å². The zero-order chi connectivity index (χ0) is 25.7. The number of unbranched alkanes of at least 4 members (excludes halogenated alkanes) is 1. The Bertz CT molecular complexity index is 894. The summed E-state index contributed by atoms with van der Waals surface area (Å²) in [7, 11) is 0. The van der Waals surface area contributed by atoms with Gasteiger partial charge in [-0.3, -0.25) is 0 Å². The first-order valence-corrected chi connectivity index (χ1v) is 9.52. The van der Waals surface area contributed by atoms with Crippen LogP contribution in [-0.4, -0.2) is 35.6 Å². The van der Waals surface area contributed by atoms with Crippen molar-refractivity contribution in [3.8, 4) is 11.5 Å². The molecule has 0 aliphatic rings. The average Bonchev–Trinajstić information content (AvgIpc) is 2.81. The fourth-order valence-electron chi connectivity index (χ4n) is 2.71. The van der Waals surface area contributed by atoms with Crippen molar-refractivity contribution in [2.75, 3.05) is 13.2 Å². The molecule has 0 saturated carbocycles. The topological polar surface area (TPSA) is 58.9 Å². The molecule has 0 radical (unpaired) electrons. The first-order valence-electron chi connectivity index (χ1n) is 9.52. The van der Waals surface area contributed by atoms with Gasteiger partial charge >= 0.3 is 0 Å². The van der Waals surface area contributed by atoms with E-state index in [0.29, 0.717) is 0 Å². The molecule has 0 saturated heterocycles. The highest BCUT2D eigenvalue weighted by molar-refractivity contribution is 5.30. The lowest BCUT2D eigenvalue weighted by molar-refractivity contribution is 0.0805. The summed E-state index contributed by atoms with van der Waals surface area (Å²) in [6.45, 7) is -1.66. The summed E-state index contributed by atoms with van der Waals surface area (Å²) >= 11 is 0. The van der Waals surface area contributed by atoms with Gasteiger partial charge in [0.2, 0.25) is 58.2 Å². The Balaban J connectivity index is 1.77. The standard InChI is InChI=1S/C20H16F10O4/c21-9-11(23)15(27)19(16(28)12(9)24)33-5-7(31)3-1-2-4-8(32)6-34-20-17(29)13(25)10(22)14(26)18(20)30/h7-8,31-32H,1-6H2. The van der Waals surface area contributed by atoms with Gasteiger partial charge in [0.1, 0.15) is 13.2 Å². The van der Waals surface area contributed by atoms with Crippen LogP contribution in [0, 0.1) is 58.2 Å². The van der Waals surface area contributed by atoms with Gasteiger partial charge in [0, 0.05) is 0 Å². The number of aliphatic hydroxyl groups excluding tert-OH is 2. The lowest BCUT2D eigenvalue weighted by atomic mass is 10.1. The number of rotatable bonds is 11. The molecule has 0 amide bonds. The van der Waals surface area contributed by atoms with Crippen LogP contribution >= 0.6 is 0 Å². The molecule has 2 unspecified atom stereocenters. The molecule has 0 heterocycles. The first-order chi connectivity index (χ1) is 15.9. The lowest BCUT2D eigenvalue weighted by Gasteiger charge is -2.16. The Kier molecular flexibility index (Phi) is 9.38. The van der Waals surface area contributed by atoms with Crippen molar-refractivity contribution in [2.45, 2.75) is 37.9 Å². The molecule has 4 nitrogen and oxygen atoms in total. The molecule has 2 atom stereocenters. The number of halogens is 10. The molecule has 0 aliphatic heterocycles. The molecule has 14 heteroatoms. The molecule has 2 rings (SSSR count). The van der Waals surface area contributed by atoms with Crippen molar-refractivity contribution in [2.24, 2.45) is 0 Å². The fraction of sp³-hybridized carbons (Fsp3) is 0.400. The second kappa shape index (κ2) is 11.6. The van der Waals surface area contributed by atoms with Crippen LogP contribution in [-0.2, 0) is 0 Å². The molecule has 0 aromatic heterocycles. The quantitative estimate of drug-likeness (QED) is 0.197. The summed E-state index contributed by atoms with van der Waals surface area (Å²) in [6, 6.07) is 0. The van der Waals surface area contributed by atoms with Gasteiger partial charge < -0.3 is 19.7 Å². The van der Waals surface area contributed by atoms with Crippen molar-refractivity contribution < 1.29 is 63.6 Å². The summed E-state index contributed by atoms with van der Waals surface area (Å²) in [6.07, 6.45) is -2.78. The summed E-state index contributed by atoms with van der Waals surface area (Å²) < 4.78 is 141. The zero-order valence-corrected chi connectivity index (χ0v) is 16.9. The van der Waals surface area contributed by atoms with Crippen LogP contribution in [0.3, 0.4) is 0 Å². The predicted molar refractivity (Wildman–Crippen MR) is 93.9 cm³/mol. The van der Waals surface area contributed by atoms with E-state index < -0.39 is 95.1 Å². The number of aliphatic hydroxyl groups is 2. The minimum absolute atomic E-state index is 0.111. The van der Waals surface area contributed by atoms with Gasteiger partial charge in [-0.25, -0.2) is 26.3 Å². The Morgan fingerprint density at radius 2 is 0.676 bits per heavy atom. The Labute approximate surface area is 185 Å². The van der Waals surface area contributed by atoms with Gasteiger partial charge in [-0.15, -0.1) is 0 Å². The number of hydrogen-bond acceptors (Lipinski definition) is 4. The van der Waals surface area contributed by atoms with E-state index in [1.165, 1.54) is 0 Å². The third kappa shape index (κ3) is 6.03. The van der Waals surface area contributed by atoms with Crippen molar-refractivity contribution in [1.82, 2.24) is 0 Å². The molecule has 0 fully saturated rings. The molecule has 2 aromatic carbocycles. The van der Waals surface area contributed by atoms with Crippen molar-refractivity contribution in [3.63, 3.8) is 0 Å². The van der Waals surface area contributed by atoms with Crippen LogP contribution in [0.5, 0.6) is 11.5 Å². The molecule has 0 aliphatic carbocycles. The summed E-state index contributed by atoms with van der Waals surface area (Å²) in [5.41, 5.74) is 0. The maximum absolute atomic E-state index is 13.5. The first kappa shape index (κ1) is 27.5. The van der Waals surface area contributed by atoms with E-state index in [4.69, 9.17) is 0 Å². The van der Waals surface area contributed by atoms with Crippen molar-refractivity contribution in [1.29, 1.82) is 0 Å². The number of hydrogen-bond donors (Lipinski definition) is 2. The SMILES string of the molecule is OC(CCCCC(O)COc1c(F)c(F)c(F)c(F)c1F)COc1c(F)c(F)c(F)c(F)c1F. The van der Waals surface area contributed by atoms with E-state index in [9.17, 15) is 54.1 Å². The molecule has 0 bridgehead atoms. The number of ether oxygens (including phenoxy) is 2. The fourth-order valence-corrected chi connectivity index (χ4v) is 2.71. The summed E-state index contributed by atoms with van der Waals surface area (Å²) in [5.74, 6) is -25.6. The Morgan fingerprint density at radius 1 is 0.441 bits per heavy atom. The van der Waals surface area contributed by atoms with Crippen LogP contribution < -0.4 is 9.47 Å². The van der Waals surface area contributed by atoms with E-state index in [-0.39, 0.29) is 25.7 Å². The van der Waals surface area contributed by atoms with Crippen LogP contribution in [0.1, 0.15) is 25.7 Å². The van der Waals surface area contributed by atoms with Crippen molar-refractivity contribution in [3.05, 3.63) is 58.2 Å². The van der Waals surface area contributed by atoms with E-state index in [1.54, 1.807) is 0 Å². The number of benzene rings is 2. The molecular weight excluding hydrogens is 494 g/mol. The Hall–Kier alpha value is -2.74. The van der Waals surface area contributed by atoms with Gasteiger partial charge in [0.25, 0.3) is 0 Å². The van der Waals surface area contributed by atoms with Gasteiger partial charge in [0.15, 0.2) is 11.5 Å². The maximum atomic E-state index is 13.5. The average molecular weight is 510 g/mol. The third-order valence-corrected chi connectivity index (χ3v) is 4.50. The van der Waals surface area contributed by atoms with E-state index >= 15 is 0 Å². The minimum atomic E-state index is -2.37. The zero-order valence-electron chi connectivity index (χ0n) is 16.9. The van der Waals surface area contributed by atoms with Gasteiger partial charge in [-0.1, -0.05) is 12.8 Å². The minimum Gasteiger partial charge on any atom is -0.485 e. The van der Waals surface area contributed by atoms with Crippen LogP contribution in [0.2, 0.25) is 0 Å². The molecule has 190 valence electrons. The van der Waals surface area contributed by atoms with Gasteiger partial charge in [0.05, 0.1) is 12.2 Å². The lowest BCUT2D eigenvalue weighted by Crippen LogP contribution is -2.21. The molecule has 34 heavy (non-hydrogen) atoms. The maximum Gasteiger partial charge on any atom is 0.206 e. The predicted octanol–water partition coefficient (Wildman–Crippen LogP) is 4.82. The molecule has 0 spiro atoms. The van der Waals surface area contributed by atoms with Crippen LogP contribution in [0.25, 0.3) is 0 Å². The largest absolute Gasteiger partial charge is 0.485 e.